The molecule has 0 saturated heterocycles. The third kappa shape index (κ3) is 3.79. The minimum Gasteiger partial charge on any atom is -0.508 e. The zero-order valence-corrected chi connectivity index (χ0v) is 19.3. The molecule has 0 bridgehead atoms. The number of carbonyl (C=O) groups is 2. The highest BCUT2D eigenvalue weighted by molar-refractivity contribution is 5.97. The molecule has 0 aromatic heterocycles. The predicted molar refractivity (Wildman–Crippen MR) is 123 cm³/mol. The Labute approximate surface area is 215 Å². The first-order chi connectivity index (χ1) is 18.5. The number of aromatic hydroxyl groups is 2. The molecule has 0 unspecified atom stereocenters. The highest BCUT2D eigenvalue weighted by Crippen LogP contribution is 2.56. The maximum absolute atomic E-state index is 12.6. The van der Waals surface area contributed by atoms with E-state index in [9.17, 15) is 41.8 Å². The first kappa shape index (κ1) is 25.5. The quantitative estimate of drug-likeness (QED) is 0.132. The molecule has 1 amide bonds. The lowest BCUT2D eigenvalue weighted by molar-refractivity contribution is 0.0224. The summed E-state index contributed by atoms with van der Waals surface area (Å²) in [6, 6.07) is 16.6. The van der Waals surface area contributed by atoms with Crippen LogP contribution in [0.2, 0.25) is 0 Å². The van der Waals surface area contributed by atoms with Crippen LogP contribution in [0.3, 0.4) is 0 Å². The highest BCUT2D eigenvalue weighted by atomic mass is 19.2. The summed E-state index contributed by atoms with van der Waals surface area (Å²) in [4.78, 5) is 22.9. The smallest absolute Gasteiger partial charge is 0.340 e. The third-order valence-electron chi connectivity index (χ3n) is 6.14. The van der Waals surface area contributed by atoms with E-state index in [0.29, 0.717) is 33.8 Å². The van der Waals surface area contributed by atoms with E-state index in [2.05, 4.69) is 5.73 Å². The highest BCUT2D eigenvalue weighted by Gasteiger charge is 2.53. The van der Waals surface area contributed by atoms with Crippen LogP contribution in [0.1, 0.15) is 37.4 Å². The normalized spacial score (nSPS) is 13.8. The molecule has 12 heteroatoms. The molecule has 0 saturated carbocycles. The van der Waals surface area contributed by atoms with Crippen molar-refractivity contribution in [3.05, 3.63) is 118 Å². The van der Waals surface area contributed by atoms with Crippen molar-refractivity contribution >= 4 is 11.9 Å². The molecule has 0 atom stereocenters. The van der Waals surface area contributed by atoms with Crippen molar-refractivity contribution in [2.45, 2.75) is 5.60 Å². The number of hydrogen-bond donors (Lipinski definition) is 3. The van der Waals surface area contributed by atoms with Crippen LogP contribution in [-0.4, -0.2) is 22.1 Å². The van der Waals surface area contributed by atoms with Gasteiger partial charge in [-0.05, 0) is 30.3 Å². The molecule has 1 spiro atoms. The Balaban J connectivity index is 0.000000189. The summed E-state index contributed by atoms with van der Waals surface area (Å²) < 4.78 is 74.2. The van der Waals surface area contributed by atoms with Gasteiger partial charge in [0.05, 0.1) is 5.56 Å². The molecule has 7 nitrogen and oxygen atoms in total. The number of rotatable bonds is 1. The van der Waals surface area contributed by atoms with Crippen LogP contribution in [-0.2, 0) is 10.3 Å². The molecular weight excluding hydrogens is 529 g/mol. The molecule has 39 heavy (non-hydrogen) atoms. The topological polar surface area (TPSA) is 119 Å². The van der Waals surface area contributed by atoms with Crippen molar-refractivity contribution in [2.24, 2.45) is 5.73 Å². The zero-order valence-electron chi connectivity index (χ0n) is 19.3. The van der Waals surface area contributed by atoms with Crippen LogP contribution >= 0.6 is 0 Å². The standard InChI is InChI=1S/C20H12O5.C7H2F5NO/c21-11-5-7-15-17(9-11)24-18-10-12(22)6-8-16(18)20(15)14-4-2-1-3-13(14)19(23)25-20;8-2-1(7(13)14)3(9)5(11)6(12)4(2)10/h1-10,21-22H;(H2,13,14). The van der Waals surface area contributed by atoms with Crippen LogP contribution in [0.4, 0.5) is 22.0 Å². The number of nitrogens with two attached hydrogens (primary N) is 1. The molecule has 0 radical (unpaired) electrons. The summed E-state index contributed by atoms with van der Waals surface area (Å²) in [5, 5.41) is 19.7. The first-order valence-electron chi connectivity index (χ1n) is 11.0. The number of benzene rings is 4. The van der Waals surface area contributed by atoms with Gasteiger partial charge in [-0.2, -0.15) is 0 Å². The van der Waals surface area contributed by atoms with Crippen LogP contribution in [0, 0.1) is 29.1 Å². The van der Waals surface area contributed by atoms with Gasteiger partial charge in [0.25, 0.3) is 5.91 Å². The van der Waals surface area contributed by atoms with E-state index >= 15 is 0 Å². The Morgan fingerprint density at radius 3 is 1.72 bits per heavy atom. The number of fused-ring (bicyclic) bond motifs is 6. The second kappa shape index (κ2) is 9.01. The van der Waals surface area contributed by atoms with Crippen LogP contribution in [0.25, 0.3) is 0 Å². The number of hydrogen-bond acceptors (Lipinski definition) is 6. The Morgan fingerprint density at radius 2 is 1.21 bits per heavy atom. The van der Waals surface area contributed by atoms with Crippen molar-refractivity contribution in [1.29, 1.82) is 0 Å². The SMILES string of the molecule is NC(=O)c1c(F)c(F)c(F)c(F)c1F.O=C1OC2(c3ccc(O)cc3Oc3cc(O)ccc32)c2ccccc21. The van der Waals surface area contributed by atoms with Gasteiger partial charge in [0.1, 0.15) is 28.6 Å². The van der Waals surface area contributed by atoms with Crippen molar-refractivity contribution in [3.8, 4) is 23.0 Å². The van der Waals surface area contributed by atoms with Gasteiger partial charge >= 0.3 is 5.97 Å². The largest absolute Gasteiger partial charge is 0.508 e. The number of phenolic OH excluding ortho intramolecular Hbond substituents is 2. The zero-order chi connectivity index (χ0) is 28.2. The minimum absolute atomic E-state index is 0.0371. The molecule has 2 heterocycles. The van der Waals surface area contributed by atoms with Gasteiger partial charge in [-0.1, -0.05) is 18.2 Å². The lowest BCUT2D eigenvalue weighted by atomic mass is 9.77. The molecule has 2 aliphatic heterocycles. The van der Waals surface area contributed by atoms with E-state index in [4.69, 9.17) is 9.47 Å². The number of halogens is 5. The van der Waals surface area contributed by atoms with Gasteiger partial charge in [0.15, 0.2) is 28.9 Å². The minimum atomic E-state index is -2.33. The van der Waals surface area contributed by atoms with Gasteiger partial charge in [0.2, 0.25) is 5.82 Å². The van der Waals surface area contributed by atoms with Crippen molar-refractivity contribution < 1.29 is 51.2 Å². The monoisotopic (exact) mass is 543 g/mol. The van der Waals surface area contributed by atoms with E-state index < -0.39 is 52.1 Å². The molecule has 2 aliphatic rings. The van der Waals surface area contributed by atoms with Crippen LogP contribution in [0.15, 0.2) is 60.7 Å². The molecule has 4 N–H and O–H groups in total. The molecule has 4 aromatic rings. The molecular formula is C27H14F5NO6. The van der Waals surface area contributed by atoms with Gasteiger partial charge in [-0.15, -0.1) is 0 Å². The second-order valence-corrected chi connectivity index (χ2v) is 8.39. The molecule has 4 aromatic carbocycles. The number of phenols is 2. The molecule has 198 valence electrons. The number of ether oxygens (including phenoxy) is 2. The third-order valence-corrected chi connectivity index (χ3v) is 6.14. The van der Waals surface area contributed by atoms with Gasteiger partial charge in [-0.3, -0.25) is 4.79 Å². The van der Waals surface area contributed by atoms with E-state index in [1.807, 2.05) is 12.1 Å². The van der Waals surface area contributed by atoms with E-state index in [0.717, 1.165) is 0 Å². The van der Waals surface area contributed by atoms with Gasteiger partial charge in [-0.25, -0.2) is 26.7 Å². The second-order valence-electron chi connectivity index (χ2n) is 8.39. The number of amides is 1. The summed E-state index contributed by atoms with van der Waals surface area (Å²) >= 11 is 0. The Hall–Kier alpha value is -5.13. The van der Waals surface area contributed by atoms with Crippen molar-refractivity contribution in [2.75, 3.05) is 0 Å². The summed E-state index contributed by atoms with van der Waals surface area (Å²) in [7, 11) is 0. The summed E-state index contributed by atoms with van der Waals surface area (Å²) in [5.74, 6) is -12.5. The fourth-order valence-electron chi connectivity index (χ4n) is 4.47. The molecule has 0 aliphatic carbocycles. The predicted octanol–water partition coefficient (Wildman–Crippen LogP) is 5.15. The molecule has 0 fully saturated rings. The van der Waals surface area contributed by atoms with E-state index in [-0.39, 0.29) is 11.5 Å². The fraction of sp³-hybridized carbons (Fsp3) is 0.0370. The van der Waals surface area contributed by atoms with E-state index in [1.54, 1.807) is 24.3 Å². The summed E-state index contributed by atoms with van der Waals surface area (Å²) in [5.41, 5.74) is 4.07. The van der Waals surface area contributed by atoms with E-state index in [1.165, 1.54) is 24.3 Å². The summed E-state index contributed by atoms with van der Waals surface area (Å²) in [6.45, 7) is 0. The van der Waals surface area contributed by atoms with Crippen molar-refractivity contribution in [1.82, 2.24) is 0 Å². The Bertz CT molecular complexity index is 1630. The lowest BCUT2D eigenvalue weighted by Crippen LogP contribution is -2.32. The Kier molecular flexibility index (Phi) is 5.90. The first-order valence-corrected chi connectivity index (χ1v) is 11.0. The number of carbonyl (C=O) groups excluding carboxylic acids is 2. The average molecular weight is 543 g/mol. The average Bonchev–Trinajstić information content (AvgIpc) is 3.19. The van der Waals surface area contributed by atoms with Gasteiger partial charge in [0, 0.05) is 28.8 Å². The Morgan fingerprint density at radius 1 is 0.718 bits per heavy atom. The lowest BCUT2D eigenvalue weighted by Gasteiger charge is -2.36. The maximum atomic E-state index is 12.6. The number of esters is 1. The van der Waals surface area contributed by atoms with Gasteiger partial charge < -0.3 is 25.4 Å². The van der Waals surface area contributed by atoms with Crippen LogP contribution in [0.5, 0.6) is 23.0 Å². The summed E-state index contributed by atoms with van der Waals surface area (Å²) in [6.07, 6.45) is 0. The van der Waals surface area contributed by atoms with Crippen LogP contribution < -0.4 is 10.5 Å². The molecule has 6 rings (SSSR count). The maximum Gasteiger partial charge on any atom is 0.340 e. The fourth-order valence-corrected chi connectivity index (χ4v) is 4.47. The van der Waals surface area contributed by atoms with Crippen molar-refractivity contribution in [3.63, 3.8) is 0 Å². The number of primary amides is 1.